The quantitative estimate of drug-likeness (QED) is 0.917. The number of benzene rings is 1. The van der Waals surface area contributed by atoms with Gasteiger partial charge in [-0.1, -0.05) is 36.6 Å². The van der Waals surface area contributed by atoms with Crippen LogP contribution >= 0.6 is 11.6 Å². The summed E-state index contributed by atoms with van der Waals surface area (Å²) < 4.78 is 0. The van der Waals surface area contributed by atoms with Crippen LogP contribution in [0.3, 0.4) is 0 Å². The number of hydrogen-bond acceptors (Lipinski definition) is 2. The molecule has 0 aromatic heterocycles. The van der Waals surface area contributed by atoms with Gasteiger partial charge < -0.3 is 10.2 Å². The zero-order valence-corrected chi connectivity index (χ0v) is 14.4. The zero-order chi connectivity index (χ0) is 16.1. The number of halogens is 1. The van der Waals surface area contributed by atoms with Crippen molar-refractivity contribution in [2.24, 2.45) is 0 Å². The van der Waals surface area contributed by atoms with Crippen LogP contribution in [-0.4, -0.2) is 54.6 Å². The largest absolute Gasteiger partial charge is 0.338 e. The highest BCUT2D eigenvalue weighted by molar-refractivity contribution is 6.30. The first kappa shape index (κ1) is 16.6. The molecule has 4 nitrogen and oxygen atoms in total. The molecule has 0 radical (unpaired) electrons. The first-order valence-corrected chi connectivity index (χ1v) is 9.11. The van der Waals surface area contributed by atoms with Crippen molar-refractivity contribution < 1.29 is 4.79 Å². The molecule has 126 valence electrons. The van der Waals surface area contributed by atoms with E-state index in [2.05, 4.69) is 10.2 Å². The van der Waals surface area contributed by atoms with E-state index in [0.717, 1.165) is 43.7 Å². The predicted molar refractivity (Wildman–Crippen MR) is 94.0 cm³/mol. The van der Waals surface area contributed by atoms with Crippen molar-refractivity contribution in [3.05, 3.63) is 34.9 Å². The van der Waals surface area contributed by atoms with Crippen molar-refractivity contribution in [3.63, 3.8) is 0 Å². The molecule has 1 heterocycles. The second-order valence-electron chi connectivity index (χ2n) is 6.57. The van der Waals surface area contributed by atoms with Gasteiger partial charge in [0.05, 0.1) is 0 Å². The maximum atomic E-state index is 12.2. The van der Waals surface area contributed by atoms with Crippen molar-refractivity contribution in [1.82, 2.24) is 15.1 Å². The van der Waals surface area contributed by atoms with Gasteiger partial charge >= 0.3 is 6.03 Å². The van der Waals surface area contributed by atoms with E-state index >= 15 is 0 Å². The highest BCUT2D eigenvalue weighted by atomic mass is 35.5. The molecule has 2 amide bonds. The van der Waals surface area contributed by atoms with E-state index in [1.165, 1.54) is 31.2 Å². The molecule has 3 rings (SSSR count). The molecule has 5 heteroatoms. The zero-order valence-electron chi connectivity index (χ0n) is 13.6. The molecule has 0 unspecified atom stereocenters. The highest BCUT2D eigenvalue weighted by Gasteiger charge is 2.27. The van der Waals surface area contributed by atoms with E-state index in [1.807, 2.05) is 29.2 Å². The summed E-state index contributed by atoms with van der Waals surface area (Å²) in [4.78, 5) is 16.8. The smallest absolute Gasteiger partial charge is 0.317 e. The van der Waals surface area contributed by atoms with Crippen LogP contribution in [0.25, 0.3) is 0 Å². The molecule has 1 saturated heterocycles. The Kier molecular flexibility index (Phi) is 5.79. The third-order valence-corrected chi connectivity index (χ3v) is 5.30. The van der Waals surface area contributed by atoms with E-state index in [9.17, 15) is 4.79 Å². The third kappa shape index (κ3) is 4.61. The van der Waals surface area contributed by atoms with Crippen LogP contribution in [0.2, 0.25) is 5.02 Å². The number of nitrogens with one attached hydrogen (secondary N) is 1. The molecule has 1 N–H and O–H groups in total. The number of amides is 2. The molecule has 0 bridgehead atoms. The lowest BCUT2D eigenvalue weighted by Gasteiger charge is -2.38. The number of hydrogen-bond donors (Lipinski definition) is 1. The van der Waals surface area contributed by atoms with Crippen LogP contribution in [0.1, 0.15) is 31.2 Å². The summed E-state index contributed by atoms with van der Waals surface area (Å²) in [6, 6.07) is 8.64. The van der Waals surface area contributed by atoms with E-state index in [-0.39, 0.29) is 6.03 Å². The van der Waals surface area contributed by atoms with E-state index in [0.29, 0.717) is 6.54 Å². The topological polar surface area (TPSA) is 35.6 Å². The number of nitrogens with zero attached hydrogens (tertiary/aromatic N) is 2. The van der Waals surface area contributed by atoms with Crippen LogP contribution in [0, 0.1) is 0 Å². The summed E-state index contributed by atoms with van der Waals surface area (Å²) in [5.74, 6) is 0. The van der Waals surface area contributed by atoms with Crippen molar-refractivity contribution in [1.29, 1.82) is 0 Å². The predicted octanol–water partition coefficient (Wildman–Crippen LogP) is 3.15. The van der Waals surface area contributed by atoms with Crippen LogP contribution in [0.5, 0.6) is 0 Å². The Bertz CT molecular complexity index is 506. The standard InChI is InChI=1S/C18H26ClN3O/c19-16-7-5-15(6-8-16)9-10-20-18(23)22-13-11-21(12-14-22)17-3-1-2-4-17/h5-8,17H,1-4,9-14H2,(H,20,23). The molecule has 1 aliphatic carbocycles. The monoisotopic (exact) mass is 335 g/mol. The minimum atomic E-state index is 0.0741. The van der Waals surface area contributed by atoms with Gasteiger partial charge in [-0.15, -0.1) is 0 Å². The average molecular weight is 336 g/mol. The summed E-state index contributed by atoms with van der Waals surface area (Å²) in [7, 11) is 0. The lowest BCUT2D eigenvalue weighted by atomic mass is 10.1. The first-order valence-electron chi connectivity index (χ1n) is 8.73. The molecule has 2 fully saturated rings. The molecule has 23 heavy (non-hydrogen) atoms. The third-order valence-electron chi connectivity index (χ3n) is 5.05. The number of carbonyl (C=O) groups excluding carboxylic acids is 1. The lowest BCUT2D eigenvalue weighted by Crippen LogP contribution is -2.53. The molecule has 1 saturated carbocycles. The van der Waals surface area contributed by atoms with E-state index in [1.54, 1.807) is 0 Å². The van der Waals surface area contributed by atoms with Gasteiger partial charge in [-0.25, -0.2) is 4.79 Å². The first-order chi connectivity index (χ1) is 11.2. The van der Waals surface area contributed by atoms with E-state index in [4.69, 9.17) is 11.6 Å². The molecule has 1 aromatic rings. The fraction of sp³-hybridized carbons (Fsp3) is 0.611. The fourth-order valence-corrected chi connectivity index (χ4v) is 3.76. The van der Waals surface area contributed by atoms with Crippen LogP contribution < -0.4 is 5.32 Å². The number of urea groups is 1. The SMILES string of the molecule is O=C(NCCc1ccc(Cl)cc1)N1CCN(C2CCCC2)CC1. The average Bonchev–Trinajstić information content (AvgIpc) is 3.11. The van der Waals surface area contributed by atoms with Crippen LogP contribution in [-0.2, 0) is 6.42 Å². The second kappa shape index (κ2) is 8.02. The molecule has 1 aliphatic heterocycles. The van der Waals surface area contributed by atoms with Crippen molar-refractivity contribution in [2.45, 2.75) is 38.1 Å². The van der Waals surface area contributed by atoms with Gasteiger partial charge in [0.2, 0.25) is 0 Å². The normalized spacial score (nSPS) is 20.0. The number of carbonyl (C=O) groups is 1. The Hall–Kier alpha value is -1.26. The molecule has 0 spiro atoms. The van der Waals surface area contributed by atoms with Gasteiger partial charge in [0.1, 0.15) is 0 Å². The Morgan fingerprint density at radius 2 is 1.74 bits per heavy atom. The van der Waals surface area contributed by atoms with Gasteiger partial charge in [0, 0.05) is 43.8 Å². The summed E-state index contributed by atoms with van der Waals surface area (Å²) in [5, 5.41) is 3.78. The minimum Gasteiger partial charge on any atom is -0.338 e. The Balaban J connectivity index is 1.36. The van der Waals surface area contributed by atoms with Crippen molar-refractivity contribution >= 4 is 17.6 Å². The van der Waals surface area contributed by atoms with Crippen LogP contribution in [0.15, 0.2) is 24.3 Å². The van der Waals surface area contributed by atoms with Gasteiger partial charge in [-0.05, 0) is 37.0 Å². The van der Waals surface area contributed by atoms with Gasteiger partial charge in [0.15, 0.2) is 0 Å². The minimum absolute atomic E-state index is 0.0741. The molecule has 0 atom stereocenters. The van der Waals surface area contributed by atoms with Gasteiger partial charge in [-0.2, -0.15) is 0 Å². The molecule has 2 aliphatic rings. The summed E-state index contributed by atoms with van der Waals surface area (Å²) in [6.07, 6.45) is 6.26. The summed E-state index contributed by atoms with van der Waals surface area (Å²) >= 11 is 5.88. The fourth-order valence-electron chi connectivity index (χ4n) is 3.64. The Labute approximate surface area is 143 Å². The van der Waals surface area contributed by atoms with E-state index < -0.39 is 0 Å². The lowest BCUT2D eigenvalue weighted by molar-refractivity contribution is 0.110. The van der Waals surface area contributed by atoms with Crippen molar-refractivity contribution in [3.8, 4) is 0 Å². The molecule has 1 aromatic carbocycles. The van der Waals surface area contributed by atoms with Crippen LogP contribution in [0.4, 0.5) is 4.79 Å². The second-order valence-corrected chi connectivity index (χ2v) is 7.01. The maximum Gasteiger partial charge on any atom is 0.317 e. The molecular weight excluding hydrogens is 310 g/mol. The van der Waals surface area contributed by atoms with Gasteiger partial charge in [-0.3, -0.25) is 4.90 Å². The van der Waals surface area contributed by atoms with Gasteiger partial charge in [0.25, 0.3) is 0 Å². The summed E-state index contributed by atoms with van der Waals surface area (Å²) in [6.45, 7) is 4.42. The number of rotatable bonds is 4. The Morgan fingerprint density at radius 3 is 2.39 bits per heavy atom. The maximum absolute atomic E-state index is 12.2. The highest BCUT2D eigenvalue weighted by Crippen LogP contribution is 2.24. The number of piperazine rings is 1. The molecular formula is C18H26ClN3O. The van der Waals surface area contributed by atoms with Crippen molar-refractivity contribution in [2.75, 3.05) is 32.7 Å². The Morgan fingerprint density at radius 1 is 1.09 bits per heavy atom. The summed E-state index contributed by atoms with van der Waals surface area (Å²) in [5.41, 5.74) is 1.20.